The van der Waals surface area contributed by atoms with Gasteiger partial charge in [-0.25, -0.2) is 0 Å². The van der Waals surface area contributed by atoms with Gasteiger partial charge in [0.1, 0.15) is 0 Å². The van der Waals surface area contributed by atoms with Gasteiger partial charge in [-0.15, -0.1) is 0 Å². The number of nitrogens with zero attached hydrogens (tertiary/aromatic N) is 1. The van der Waals surface area contributed by atoms with E-state index in [4.69, 9.17) is 0 Å². The summed E-state index contributed by atoms with van der Waals surface area (Å²) in [6, 6.07) is 44.0. The second-order valence-electron chi connectivity index (χ2n) is 8.78. The molecule has 0 spiro atoms. The number of benzene rings is 5. The summed E-state index contributed by atoms with van der Waals surface area (Å²) < 4.78 is 2.38. The molecule has 0 aliphatic carbocycles. The fraction of sp³-hybridized carbons (Fsp3) is 0.0625. The van der Waals surface area contributed by atoms with Crippen molar-refractivity contribution >= 4 is 21.8 Å². The molecule has 0 fully saturated rings. The normalized spacial score (nSPS) is 11.3. The third-order valence-corrected chi connectivity index (χ3v) is 6.47. The molecule has 0 bridgehead atoms. The molecule has 0 unspecified atom stereocenters. The Morgan fingerprint density at radius 1 is 0.515 bits per heavy atom. The van der Waals surface area contributed by atoms with E-state index in [9.17, 15) is 0 Å². The first-order valence-electron chi connectivity index (χ1n) is 11.5. The van der Waals surface area contributed by atoms with Gasteiger partial charge in [-0.1, -0.05) is 91.0 Å². The van der Waals surface area contributed by atoms with E-state index < -0.39 is 0 Å². The fourth-order valence-electron chi connectivity index (χ4n) is 4.84. The molecule has 0 amide bonds. The zero-order valence-corrected chi connectivity index (χ0v) is 18.7. The maximum atomic E-state index is 2.38. The van der Waals surface area contributed by atoms with E-state index in [2.05, 4.69) is 133 Å². The monoisotopic (exact) mass is 423 g/mol. The Kier molecular flexibility index (Phi) is 4.81. The SMILES string of the molecule is Cc1cccc(-n2c3ccccc3c3cc(-c4ccc(Cc5ccccc5)cc4)ccc32)c1. The molecule has 0 saturated carbocycles. The minimum atomic E-state index is 0.962. The fourth-order valence-corrected chi connectivity index (χ4v) is 4.84. The molecule has 1 heteroatoms. The molecular weight excluding hydrogens is 398 g/mol. The number of hydrogen-bond acceptors (Lipinski definition) is 0. The van der Waals surface area contributed by atoms with E-state index in [1.165, 1.54) is 55.3 Å². The smallest absolute Gasteiger partial charge is 0.0541 e. The van der Waals surface area contributed by atoms with Gasteiger partial charge in [0.15, 0.2) is 0 Å². The van der Waals surface area contributed by atoms with Crippen molar-refractivity contribution in [3.8, 4) is 16.8 Å². The molecule has 1 aromatic heterocycles. The van der Waals surface area contributed by atoms with Gasteiger partial charge in [-0.3, -0.25) is 0 Å². The average molecular weight is 424 g/mol. The molecule has 0 N–H and O–H groups in total. The van der Waals surface area contributed by atoms with Crippen molar-refractivity contribution in [1.29, 1.82) is 0 Å². The summed E-state index contributed by atoms with van der Waals surface area (Å²) in [5.41, 5.74) is 10.1. The summed E-state index contributed by atoms with van der Waals surface area (Å²) in [5, 5.41) is 2.58. The summed E-state index contributed by atoms with van der Waals surface area (Å²) in [6.45, 7) is 2.15. The summed E-state index contributed by atoms with van der Waals surface area (Å²) in [5.74, 6) is 0. The number of rotatable bonds is 4. The summed E-state index contributed by atoms with van der Waals surface area (Å²) >= 11 is 0. The van der Waals surface area contributed by atoms with Crippen molar-refractivity contribution in [1.82, 2.24) is 4.57 Å². The zero-order chi connectivity index (χ0) is 22.2. The molecule has 1 nitrogen and oxygen atoms in total. The third kappa shape index (κ3) is 3.62. The second kappa shape index (κ2) is 8.11. The quantitative estimate of drug-likeness (QED) is 0.268. The van der Waals surface area contributed by atoms with E-state index in [0.29, 0.717) is 0 Å². The first-order valence-corrected chi connectivity index (χ1v) is 11.5. The Hall–Kier alpha value is -4.10. The molecule has 6 aromatic rings. The Morgan fingerprint density at radius 3 is 2.03 bits per heavy atom. The minimum absolute atomic E-state index is 0.962. The molecule has 0 saturated heterocycles. The Balaban J connectivity index is 1.43. The predicted octanol–water partition coefficient (Wildman–Crippen LogP) is 8.35. The molecule has 0 atom stereocenters. The minimum Gasteiger partial charge on any atom is -0.309 e. The number of hydrogen-bond donors (Lipinski definition) is 0. The van der Waals surface area contributed by atoms with Gasteiger partial charge < -0.3 is 4.57 Å². The van der Waals surface area contributed by atoms with Crippen LogP contribution in [0.1, 0.15) is 16.7 Å². The number of aryl methyl sites for hydroxylation is 1. The van der Waals surface area contributed by atoms with E-state index >= 15 is 0 Å². The number of fused-ring (bicyclic) bond motifs is 3. The van der Waals surface area contributed by atoms with Crippen LogP contribution in [0.3, 0.4) is 0 Å². The van der Waals surface area contributed by atoms with Gasteiger partial charge in [0, 0.05) is 16.5 Å². The first-order chi connectivity index (χ1) is 16.3. The first kappa shape index (κ1) is 19.6. The van der Waals surface area contributed by atoms with Crippen LogP contribution in [0.4, 0.5) is 0 Å². The Morgan fingerprint density at radius 2 is 1.21 bits per heavy atom. The summed E-state index contributed by atoms with van der Waals surface area (Å²) in [4.78, 5) is 0. The lowest BCUT2D eigenvalue weighted by atomic mass is 9.99. The molecule has 0 aliphatic rings. The largest absolute Gasteiger partial charge is 0.309 e. The van der Waals surface area contributed by atoms with Crippen LogP contribution in [0.2, 0.25) is 0 Å². The van der Waals surface area contributed by atoms with Crippen LogP contribution in [0.15, 0.2) is 121 Å². The second-order valence-corrected chi connectivity index (χ2v) is 8.78. The average Bonchev–Trinajstić information content (AvgIpc) is 3.19. The molecule has 6 rings (SSSR count). The molecule has 5 aromatic carbocycles. The van der Waals surface area contributed by atoms with Crippen molar-refractivity contribution in [2.45, 2.75) is 13.3 Å². The van der Waals surface area contributed by atoms with E-state index in [1.807, 2.05) is 0 Å². The lowest BCUT2D eigenvalue weighted by Gasteiger charge is -2.09. The number of aromatic nitrogens is 1. The molecular formula is C32H25N. The maximum Gasteiger partial charge on any atom is 0.0541 e. The van der Waals surface area contributed by atoms with Crippen LogP contribution in [0, 0.1) is 6.92 Å². The molecule has 0 radical (unpaired) electrons. The summed E-state index contributed by atoms with van der Waals surface area (Å²) in [6.07, 6.45) is 0.962. The maximum absolute atomic E-state index is 2.38. The van der Waals surface area contributed by atoms with Crippen LogP contribution >= 0.6 is 0 Å². The van der Waals surface area contributed by atoms with Crippen LogP contribution in [0.5, 0.6) is 0 Å². The van der Waals surface area contributed by atoms with E-state index in [-0.39, 0.29) is 0 Å². The number of para-hydroxylation sites is 1. The zero-order valence-electron chi connectivity index (χ0n) is 18.7. The Labute approximate surface area is 194 Å². The van der Waals surface area contributed by atoms with Crippen LogP contribution in [0.25, 0.3) is 38.6 Å². The lowest BCUT2D eigenvalue weighted by Crippen LogP contribution is -1.94. The highest BCUT2D eigenvalue weighted by Gasteiger charge is 2.13. The van der Waals surface area contributed by atoms with E-state index in [1.54, 1.807) is 0 Å². The highest BCUT2D eigenvalue weighted by molar-refractivity contribution is 6.10. The van der Waals surface area contributed by atoms with Crippen molar-refractivity contribution in [2.75, 3.05) is 0 Å². The lowest BCUT2D eigenvalue weighted by molar-refractivity contribution is 1.17. The van der Waals surface area contributed by atoms with Gasteiger partial charge in [0.2, 0.25) is 0 Å². The standard InChI is InChI=1S/C32H25N/c1-23-8-7-11-28(20-23)33-31-13-6-5-12-29(31)30-22-27(18-19-32(30)33)26-16-14-25(15-17-26)21-24-9-3-2-4-10-24/h2-20,22H,21H2,1H3. The van der Waals surface area contributed by atoms with Crippen LogP contribution in [-0.4, -0.2) is 4.57 Å². The van der Waals surface area contributed by atoms with Crippen molar-refractivity contribution < 1.29 is 0 Å². The predicted molar refractivity (Wildman–Crippen MR) is 140 cm³/mol. The summed E-state index contributed by atoms with van der Waals surface area (Å²) in [7, 11) is 0. The van der Waals surface area contributed by atoms with Crippen molar-refractivity contribution in [2.24, 2.45) is 0 Å². The van der Waals surface area contributed by atoms with Crippen molar-refractivity contribution in [3.05, 3.63) is 138 Å². The molecule has 33 heavy (non-hydrogen) atoms. The van der Waals surface area contributed by atoms with E-state index in [0.717, 1.165) is 6.42 Å². The third-order valence-electron chi connectivity index (χ3n) is 6.47. The topological polar surface area (TPSA) is 4.93 Å². The van der Waals surface area contributed by atoms with Gasteiger partial charge in [0.25, 0.3) is 0 Å². The Bertz CT molecular complexity index is 1570. The van der Waals surface area contributed by atoms with Crippen LogP contribution in [-0.2, 0) is 6.42 Å². The highest BCUT2D eigenvalue weighted by Crippen LogP contribution is 2.35. The molecule has 158 valence electrons. The van der Waals surface area contributed by atoms with Crippen molar-refractivity contribution in [3.63, 3.8) is 0 Å². The van der Waals surface area contributed by atoms with Gasteiger partial charge in [-0.05, 0) is 71.5 Å². The molecule has 0 aliphatic heterocycles. The van der Waals surface area contributed by atoms with Gasteiger partial charge >= 0.3 is 0 Å². The highest BCUT2D eigenvalue weighted by atomic mass is 15.0. The van der Waals surface area contributed by atoms with Crippen LogP contribution < -0.4 is 0 Å². The van der Waals surface area contributed by atoms with Gasteiger partial charge in [-0.2, -0.15) is 0 Å². The van der Waals surface area contributed by atoms with Gasteiger partial charge in [0.05, 0.1) is 11.0 Å². The molecule has 1 heterocycles.